The fourth-order valence-electron chi connectivity index (χ4n) is 5.25. The van der Waals surface area contributed by atoms with Crippen LogP contribution in [0, 0.1) is 0 Å². The van der Waals surface area contributed by atoms with Crippen molar-refractivity contribution in [2.75, 3.05) is 26.2 Å². The number of hydrogen-bond acceptors (Lipinski definition) is 4. The molecule has 2 aliphatic rings. The van der Waals surface area contributed by atoms with Crippen molar-refractivity contribution in [1.82, 2.24) is 14.7 Å². The first-order valence-electron chi connectivity index (χ1n) is 13.5. The number of ether oxygens (including phenoxy) is 1. The summed E-state index contributed by atoms with van der Waals surface area (Å²) in [6.07, 6.45) is -0.111. The van der Waals surface area contributed by atoms with E-state index in [0.717, 1.165) is 11.1 Å². The van der Waals surface area contributed by atoms with E-state index in [0.29, 0.717) is 58.4 Å². The Kier molecular flexibility index (Phi) is 8.78. The molecule has 1 saturated heterocycles. The molecule has 2 aliphatic heterocycles. The van der Waals surface area contributed by atoms with Gasteiger partial charge in [0.1, 0.15) is 17.6 Å². The fourth-order valence-corrected chi connectivity index (χ4v) is 5.68. The zero-order chi connectivity index (χ0) is 29.3. The SMILES string of the molecule is CC(=O)N1CCN(C(=O)N2C(c3cc(Cl)ccc3OC(C)C)=NC(c3ccc(Cl)cc3)C2c2ccc(Cl)cc2)CC1. The quantitative estimate of drug-likeness (QED) is 0.304. The molecule has 0 bridgehead atoms. The number of aliphatic imine (C=N–C) groups is 1. The molecule has 3 amide bonds. The lowest BCUT2D eigenvalue weighted by Crippen LogP contribution is -2.54. The van der Waals surface area contributed by atoms with E-state index >= 15 is 0 Å². The van der Waals surface area contributed by atoms with Crippen molar-refractivity contribution in [3.63, 3.8) is 0 Å². The third-order valence-electron chi connectivity index (χ3n) is 7.24. The van der Waals surface area contributed by atoms with Gasteiger partial charge in [-0.15, -0.1) is 0 Å². The van der Waals surface area contributed by atoms with Crippen LogP contribution in [0.2, 0.25) is 15.1 Å². The summed E-state index contributed by atoms with van der Waals surface area (Å²) in [6, 6.07) is 19.2. The third kappa shape index (κ3) is 6.32. The maximum atomic E-state index is 14.5. The second-order valence-electron chi connectivity index (χ2n) is 10.4. The van der Waals surface area contributed by atoms with Gasteiger partial charge in [0.25, 0.3) is 0 Å². The Morgan fingerprint density at radius 1 is 0.805 bits per heavy atom. The van der Waals surface area contributed by atoms with Crippen molar-refractivity contribution in [3.8, 4) is 5.75 Å². The number of amides is 3. The first kappa shape index (κ1) is 29.2. The minimum atomic E-state index is -0.493. The van der Waals surface area contributed by atoms with E-state index in [4.69, 9.17) is 44.5 Å². The van der Waals surface area contributed by atoms with Crippen molar-refractivity contribution in [1.29, 1.82) is 0 Å². The second-order valence-corrected chi connectivity index (χ2v) is 11.7. The highest BCUT2D eigenvalue weighted by Gasteiger charge is 2.45. The molecule has 214 valence electrons. The van der Waals surface area contributed by atoms with E-state index in [1.165, 1.54) is 0 Å². The number of carbonyl (C=O) groups excluding carboxylic acids is 2. The average Bonchev–Trinajstić information content (AvgIpc) is 3.34. The van der Waals surface area contributed by atoms with Crippen LogP contribution in [0.5, 0.6) is 5.75 Å². The summed E-state index contributed by atoms with van der Waals surface area (Å²) in [5.74, 6) is 1.03. The van der Waals surface area contributed by atoms with Gasteiger partial charge in [-0.05, 0) is 67.4 Å². The van der Waals surface area contributed by atoms with E-state index in [1.54, 1.807) is 39.8 Å². The lowest BCUT2D eigenvalue weighted by Gasteiger charge is -2.39. The molecule has 10 heteroatoms. The number of urea groups is 1. The number of carbonyl (C=O) groups is 2. The molecule has 7 nitrogen and oxygen atoms in total. The second kappa shape index (κ2) is 12.3. The maximum Gasteiger partial charge on any atom is 0.326 e. The fraction of sp³-hybridized carbons (Fsp3) is 0.323. The standard InChI is InChI=1S/C31H31Cl3N4O3/c1-19(2)41-27-13-12-25(34)18-26(27)30-35-28(21-4-8-23(32)9-5-21)29(22-6-10-24(33)11-7-22)38(30)31(40)37-16-14-36(15-17-37)20(3)39/h4-13,18-19,28-29H,14-17H2,1-3H3. The number of amidine groups is 1. The van der Waals surface area contributed by atoms with Crippen LogP contribution in [0.1, 0.15) is 49.5 Å². The van der Waals surface area contributed by atoms with E-state index in [9.17, 15) is 9.59 Å². The Labute approximate surface area is 255 Å². The molecule has 0 saturated carbocycles. The molecule has 0 aromatic heterocycles. The molecule has 41 heavy (non-hydrogen) atoms. The molecule has 2 unspecified atom stereocenters. The molecule has 3 aromatic rings. The summed E-state index contributed by atoms with van der Waals surface area (Å²) in [4.78, 5) is 36.9. The number of nitrogens with zero attached hydrogens (tertiary/aromatic N) is 4. The predicted molar refractivity (Wildman–Crippen MR) is 163 cm³/mol. The Morgan fingerprint density at radius 2 is 1.34 bits per heavy atom. The van der Waals surface area contributed by atoms with Gasteiger partial charge in [-0.1, -0.05) is 59.1 Å². The Hall–Kier alpha value is -3.26. The summed E-state index contributed by atoms with van der Waals surface area (Å²) in [7, 11) is 0. The molecule has 1 fully saturated rings. The van der Waals surface area contributed by atoms with Crippen LogP contribution >= 0.6 is 34.8 Å². The number of benzene rings is 3. The van der Waals surface area contributed by atoms with Gasteiger partial charge in [0.2, 0.25) is 5.91 Å². The summed E-state index contributed by atoms with van der Waals surface area (Å²) in [5, 5.41) is 1.70. The minimum Gasteiger partial charge on any atom is -0.490 e. The van der Waals surface area contributed by atoms with Gasteiger partial charge in [0, 0.05) is 48.2 Å². The zero-order valence-electron chi connectivity index (χ0n) is 23.1. The predicted octanol–water partition coefficient (Wildman–Crippen LogP) is 7.26. The number of hydrogen-bond donors (Lipinski definition) is 0. The Balaban J connectivity index is 1.66. The van der Waals surface area contributed by atoms with Crippen molar-refractivity contribution in [2.24, 2.45) is 4.99 Å². The van der Waals surface area contributed by atoms with Crippen molar-refractivity contribution < 1.29 is 14.3 Å². The zero-order valence-corrected chi connectivity index (χ0v) is 25.3. The largest absolute Gasteiger partial charge is 0.490 e. The molecule has 2 heterocycles. The Morgan fingerprint density at radius 3 is 1.90 bits per heavy atom. The average molecular weight is 614 g/mol. The van der Waals surface area contributed by atoms with Crippen molar-refractivity contribution in [2.45, 2.75) is 39.0 Å². The molecule has 0 radical (unpaired) electrons. The molecule has 0 aliphatic carbocycles. The van der Waals surface area contributed by atoms with Gasteiger partial charge < -0.3 is 14.5 Å². The molecule has 2 atom stereocenters. The van der Waals surface area contributed by atoms with Gasteiger partial charge >= 0.3 is 6.03 Å². The van der Waals surface area contributed by atoms with Gasteiger partial charge in [-0.2, -0.15) is 0 Å². The normalized spacial score (nSPS) is 19.0. The number of rotatable bonds is 5. The van der Waals surface area contributed by atoms with Crippen molar-refractivity contribution in [3.05, 3.63) is 98.5 Å². The van der Waals surface area contributed by atoms with Crippen LogP contribution in [0.25, 0.3) is 0 Å². The molecule has 0 N–H and O–H groups in total. The summed E-state index contributed by atoms with van der Waals surface area (Å²) in [6.45, 7) is 7.18. The third-order valence-corrected chi connectivity index (χ3v) is 7.98. The smallest absolute Gasteiger partial charge is 0.326 e. The van der Waals surface area contributed by atoms with E-state index < -0.39 is 12.1 Å². The van der Waals surface area contributed by atoms with Gasteiger partial charge in [0.15, 0.2) is 0 Å². The lowest BCUT2D eigenvalue weighted by molar-refractivity contribution is -0.130. The van der Waals surface area contributed by atoms with Crippen LogP contribution < -0.4 is 4.74 Å². The van der Waals surface area contributed by atoms with Crippen LogP contribution in [0.4, 0.5) is 4.79 Å². The minimum absolute atomic E-state index is 0.00299. The summed E-state index contributed by atoms with van der Waals surface area (Å²) >= 11 is 19.0. The van der Waals surface area contributed by atoms with Crippen LogP contribution in [0.15, 0.2) is 71.7 Å². The highest BCUT2D eigenvalue weighted by molar-refractivity contribution is 6.31. The number of piperazine rings is 1. The first-order chi connectivity index (χ1) is 19.6. The van der Waals surface area contributed by atoms with E-state index in [1.807, 2.05) is 62.4 Å². The number of halogens is 3. The van der Waals surface area contributed by atoms with Crippen LogP contribution in [-0.2, 0) is 4.79 Å². The molecule has 5 rings (SSSR count). The lowest BCUT2D eigenvalue weighted by atomic mass is 9.93. The summed E-state index contributed by atoms with van der Waals surface area (Å²) in [5.41, 5.74) is 2.39. The van der Waals surface area contributed by atoms with Crippen molar-refractivity contribution >= 4 is 52.6 Å². The van der Waals surface area contributed by atoms with Gasteiger partial charge in [-0.25, -0.2) is 4.79 Å². The topological polar surface area (TPSA) is 65.5 Å². The highest BCUT2D eigenvalue weighted by Crippen LogP contribution is 2.45. The monoisotopic (exact) mass is 612 g/mol. The van der Waals surface area contributed by atoms with Gasteiger partial charge in [0.05, 0.1) is 17.7 Å². The van der Waals surface area contributed by atoms with E-state index in [2.05, 4.69) is 0 Å². The Bertz CT molecular complexity index is 1450. The molecular formula is C31H31Cl3N4O3. The summed E-state index contributed by atoms with van der Waals surface area (Å²) < 4.78 is 6.17. The molecule has 0 spiro atoms. The molecular weight excluding hydrogens is 583 g/mol. The first-order valence-corrected chi connectivity index (χ1v) is 14.6. The molecule has 3 aromatic carbocycles. The maximum absolute atomic E-state index is 14.5. The van der Waals surface area contributed by atoms with Crippen LogP contribution in [0.3, 0.4) is 0 Å². The van der Waals surface area contributed by atoms with Gasteiger partial charge in [-0.3, -0.25) is 14.7 Å². The van der Waals surface area contributed by atoms with Crippen LogP contribution in [-0.4, -0.2) is 64.8 Å². The highest BCUT2D eigenvalue weighted by atomic mass is 35.5. The van der Waals surface area contributed by atoms with E-state index in [-0.39, 0.29) is 18.0 Å².